The highest BCUT2D eigenvalue weighted by Gasteiger charge is 2.34. The van der Waals surface area contributed by atoms with Crippen molar-refractivity contribution < 1.29 is 23.1 Å². The van der Waals surface area contributed by atoms with Crippen molar-refractivity contribution in [3.63, 3.8) is 0 Å². The van der Waals surface area contributed by atoms with Crippen LogP contribution in [0.15, 0.2) is 0 Å². The van der Waals surface area contributed by atoms with Crippen LogP contribution in [0, 0.1) is 12.3 Å². The van der Waals surface area contributed by atoms with E-state index in [-0.39, 0.29) is 41.5 Å². The molecule has 1 fully saturated rings. The van der Waals surface area contributed by atoms with Crippen molar-refractivity contribution in [3.05, 3.63) is 0 Å². The van der Waals surface area contributed by atoms with Crippen LogP contribution in [-0.2, 0) is 19.4 Å². The number of nitrogens with zero attached hydrogens (tertiary/aromatic N) is 1. The van der Waals surface area contributed by atoms with Gasteiger partial charge in [0.15, 0.2) is 9.84 Å². The first kappa shape index (κ1) is 15.9. The van der Waals surface area contributed by atoms with Gasteiger partial charge in [0.25, 0.3) is 0 Å². The summed E-state index contributed by atoms with van der Waals surface area (Å²) >= 11 is 0.974. The normalized spacial score (nSPS) is 20.7. The minimum Gasteiger partial charge on any atom is -0.481 e. The molecule has 8 heteroatoms. The summed E-state index contributed by atoms with van der Waals surface area (Å²) in [4.78, 5) is 23.7. The molecular weight excluding hydrogens is 290 g/mol. The molecule has 0 saturated carbocycles. The Balaban J connectivity index is 2.60. The first-order chi connectivity index (χ1) is 8.85. The second kappa shape index (κ2) is 6.82. The SMILES string of the molecule is C#CCN(C(=O)CSCC(=O)O)C1CCS(=O)(=O)C1. The van der Waals surface area contributed by atoms with E-state index in [1.54, 1.807) is 0 Å². The van der Waals surface area contributed by atoms with Gasteiger partial charge in [-0.15, -0.1) is 18.2 Å². The van der Waals surface area contributed by atoms with E-state index in [1.807, 2.05) is 0 Å². The number of aliphatic carboxylic acids is 1. The van der Waals surface area contributed by atoms with Crippen molar-refractivity contribution in [1.29, 1.82) is 0 Å². The van der Waals surface area contributed by atoms with E-state index in [0.29, 0.717) is 6.42 Å². The summed E-state index contributed by atoms with van der Waals surface area (Å²) in [5.41, 5.74) is 0. The summed E-state index contributed by atoms with van der Waals surface area (Å²) in [6, 6.07) is -0.390. The Labute approximate surface area is 116 Å². The first-order valence-electron chi connectivity index (χ1n) is 5.58. The van der Waals surface area contributed by atoms with Gasteiger partial charge in [-0.2, -0.15) is 0 Å². The maximum absolute atomic E-state index is 11.9. The van der Waals surface area contributed by atoms with Crippen molar-refractivity contribution >= 4 is 33.5 Å². The van der Waals surface area contributed by atoms with Gasteiger partial charge in [-0.25, -0.2) is 8.42 Å². The van der Waals surface area contributed by atoms with E-state index in [2.05, 4.69) is 5.92 Å². The van der Waals surface area contributed by atoms with Gasteiger partial charge >= 0.3 is 5.97 Å². The number of carboxylic acids is 1. The monoisotopic (exact) mass is 305 g/mol. The lowest BCUT2D eigenvalue weighted by Gasteiger charge is -2.26. The molecule has 1 heterocycles. The molecular formula is C11H15NO5S2. The zero-order valence-electron chi connectivity index (χ0n) is 10.2. The standard InChI is InChI=1S/C11H15NO5S2/c1-2-4-12(9-3-5-19(16,17)8-9)10(13)6-18-7-11(14)15/h1,9H,3-8H2,(H,14,15). The number of carbonyl (C=O) groups excluding carboxylic acids is 1. The molecule has 0 aromatic rings. The molecule has 1 aliphatic heterocycles. The molecule has 0 bridgehead atoms. The van der Waals surface area contributed by atoms with E-state index in [0.717, 1.165) is 11.8 Å². The number of hydrogen-bond acceptors (Lipinski definition) is 5. The van der Waals surface area contributed by atoms with Gasteiger partial charge in [0, 0.05) is 6.04 Å². The Morgan fingerprint density at radius 1 is 1.42 bits per heavy atom. The molecule has 1 aliphatic rings. The topological polar surface area (TPSA) is 91.8 Å². The molecule has 0 aromatic carbocycles. The Bertz CT molecular complexity index is 494. The largest absolute Gasteiger partial charge is 0.481 e. The van der Waals surface area contributed by atoms with E-state index in [1.165, 1.54) is 4.90 Å². The predicted octanol–water partition coefficient (Wildman–Crippen LogP) is -0.547. The van der Waals surface area contributed by atoms with Crippen molar-refractivity contribution in [2.24, 2.45) is 0 Å². The highest BCUT2D eigenvalue weighted by Crippen LogP contribution is 2.18. The molecule has 1 saturated heterocycles. The number of rotatable bonds is 6. The predicted molar refractivity (Wildman–Crippen MR) is 72.6 cm³/mol. The summed E-state index contributed by atoms with van der Waals surface area (Å²) in [5, 5.41) is 8.49. The summed E-state index contributed by atoms with van der Waals surface area (Å²) in [6.07, 6.45) is 5.57. The van der Waals surface area contributed by atoms with E-state index in [9.17, 15) is 18.0 Å². The number of hydrogen-bond donors (Lipinski definition) is 1. The Morgan fingerprint density at radius 2 is 2.11 bits per heavy atom. The maximum Gasteiger partial charge on any atom is 0.313 e. The van der Waals surface area contributed by atoms with Gasteiger partial charge in [-0.05, 0) is 6.42 Å². The number of terminal acetylenes is 1. The molecule has 106 valence electrons. The number of carboxylic acid groups (broad SMARTS) is 1. The van der Waals surface area contributed by atoms with Gasteiger partial charge in [0.2, 0.25) is 5.91 Å². The molecule has 1 rings (SSSR count). The summed E-state index contributed by atoms with van der Waals surface area (Å²) in [5.74, 6) is 0.848. The molecule has 0 spiro atoms. The number of carbonyl (C=O) groups is 2. The minimum absolute atomic E-state index is 0.00940. The van der Waals surface area contributed by atoms with Gasteiger partial charge in [0.1, 0.15) is 0 Å². The van der Waals surface area contributed by atoms with Gasteiger partial charge < -0.3 is 10.0 Å². The van der Waals surface area contributed by atoms with Crippen molar-refractivity contribution in [2.45, 2.75) is 12.5 Å². The van der Waals surface area contributed by atoms with E-state index >= 15 is 0 Å². The molecule has 0 radical (unpaired) electrons. The zero-order valence-corrected chi connectivity index (χ0v) is 11.9. The molecule has 1 atom stereocenters. The summed E-state index contributed by atoms with van der Waals surface area (Å²) in [6.45, 7) is 0.0483. The van der Waals surface area contributed by atoms with Crippen LogP contribution in [0.5, 0.6) is 0 Å². The van der Waals surface area contributed by atoms with Crippen LogP contribution in [0.2, 0.25) is 0 Å². The van der Waals surface area contributed by atoms with Crippen LogP contribution < -0.4 is 0 Å². The third-order valence-corrected chi connectivity index (χ3v) is 5.33. The third kappa shape index (κ3) is 5.12. The van der Waals surface area contributed by atoms with Crippen molar-refractivity contribution in [1.82, 2.24) is 4.90 Å². The van der Waals surface area contributed by atoms with E-state index < -0.39 is 15.8 Å². The molecule has 1 amide bonds. The van der Waals surface area contributed by atoms with Crippen LogP contribution in [0.1, 0.15) is 6.42 Å². The fraction of sp³-hybridized carbons (Fsp3) is 0.636. The second-order valence-corrected chi connectivity index (χ2v) is 7.38. The van der Waals surface area contributed by atoms with Crippen LogP contribution in [-0.4, -0.2) is 65.9 Å². The smallest absolute Gasteiger partial charge is 0.313 e. The highest BCUT2D eigenvalue weighted by molar-refractivity contribution is 8.00. The van der Waals surface area contributed by atoms with Crippen LogP contribution >= 0.6 is 11.8 Å². The molecule has 0 aromatic heterocycles. The molecule has 6 nitrogen and oxygen atoms in total. The Morgan fingerprint density at radius 3 is 2.58 bits per heavy atom. The summed E-state index contributed by atoms with van der Waals surface area (Å²) in [7, 11) is -3.09. The lowest BCUT2D eigenvalue weighted by atomic mass is 10.2. The zero-order chi connectivity index (χ0) is 14.5. The second-order valence-electron chi connectivity index (χ2n) is 4.17. The van der Waals surface area contributed by atoms with E-state index in [4.69, 9.17) is 11.5 Å². The molecule has 19 heavy (non-hydrogen) atoms. The fourth-order valence-corrected chi connectivity index (χ4v) is 4.20. The lowest BCUT2D eigenvalue weighted by Crippen LogP contribution is -2.42. The van der Waals surface area contributed by atoms with Gasteiger partial charge in [-0.1, -0.05) is 5.92 Å². The van der Waals surface area contributed by atoms with Gasteiger partial charge in [0.05, 0.1) is 29.6 Å². The first-order valence-corrected chi connectivity index (χ1v) is 8.56. The quantitative estimate of drug-likeness (QED) is 0.662. The van der Waals surface area contributed by atoms with Crippen LogP contribution in [0.25, 0.3) is 0 Å². The minimum atomic E-state index is -3.09. The molecule has 1 N–H and O–H groups in total. The number of thioether (sulfide) groups is 1. The molecule has 1 unspecified atom stereocenters. The average molecular weight is 305 g/mol. The van der Waals surface area contributed by atoms with Crippen molar-refractivity contribution in [2.75, 3.05) is 29.6 Å². The van der Waals surface area contributed by atoms with Gasteiger partial charge in [-0.3, -0.25) is 9.59 Å². The van der Waals surface area contributed by atoms with Crippen LogP contribution in [0.4, 0.5) is 0 Å². The highest BCUT2D eigenvalue weighted by atomic mass is 32.2. The van der Waals surface area contributed by atoms with Crippen LogP contribution in [0.3, 0.4) is 0 Å². The Hall–Kier alpha value is -1.20. The number of amides is 1. The third-order valence-electron chi connectivity index (χ3n) is 2.68. The molecule has 0 aliphatic carbocycles. The number of sulfone groups is 1. The van der Waals surface area contributed by atoms with Crippen molar-refractivity contribution in [3.8, 4) is 12.3 Å². The fourth-order valence-electron chi connectivity index (χ4n) is 1.85. The maximum atomic E-state index is 11.9. The average Bonchev–Trinajstić information content (AvgIpc) is 2.65. The lowest BCUT2D eigenvalue weighted by molar-refractivity contribution is -0.133. The Kier molecular flexibility index (Phi) is 5.69. The summed E-state index contributed by atoms with van der Waals surface area (Å²) < 4.78 is 22.8.